The maximum absolute atomic E-state index is 3.87. The summed E-state index contributed by atoms with van der Waals surface area (Å²) in [5.74, 6) is 1.78. The lowest BCUT2D eigenvalue weighted by Crippen LogP contribution is -1.97. The molecule has 1 atom stereocenters. The van der Waals surface area contributed by atoms with E-state index >= 15 is 0 Å². The first-order valence-electron chi connectivity index (χ1n) is 7.51. The lowest BCUT2D eigenvalue weighted by atomic mass is 9.94. The van der Waals surface area contributed by atoms with Crippen LogP contribution in [0.3, 0.4) is 0 Å². The van der Waals surface area contributed by atoms with Crippen LogP contribution in [-0.2, 0) is 0 Å². The van der Waals surface area contributed by atoms with E-state index in [4.69, 9.17) is 0 Å². The molecule has 0 saturated carbocycles. The van der Waals surface area contributed by atoms with Crippen molar-refractivity contribution >= 4 is 0 Å². The first-order chi connectivity index (χ1) is 8.06. The molecule has 0 aliphatic rings. The van der Waals surface area contributed by atoms with E-state index in [2.05, 4.69) is 40.7 Å². The molecule has 0 N–H and O–H groups in total. The van der Waals surface area contributed by atoms with Crippen molar-refractivity contribution in [3.63, 3.8) is 0 Å². The second kappa shape index (κ2) is 10.9. The molecule has 1 radical (unpaired) electrons. The molecule has 0 aromatic carbocycles. The molecule has 1 unspecified atom stereocenters. The van der Waals surface area contributed by atoms with Crippen LogP contribution < -0.4 is 0 Å². The Hall–Kier alpha value is -0.260. The maximum Gasteiger partial charge on any atom is -0.0323 e. The van der Waals surface area contributed by atoms with Crippen molar-refractivity contribution in [3.05, 3.63) is 18.6 Å². The van der Waals surface area contributed by atoms with E-state index in [1.54, 1.807) is 5.57 Å². The molecule has 0 aromatic rings. The molecule has 0 nitrogen and oxygen atoms in total. The van der Waals surface area contributed by atoms with Gasteiger partial charge in [0.2, 0.25) is 0 Å². The summed E-state index contributed by atoms with van der Waals surface area (Å²) in [4.78, 5) is 0. The van der Waals surface area contributed by atoms with Gasteiger partial charge in [-0.25, -0.2) is 0 Å². The van der Waals surface area contributed by atoms with Gasteiger partial charge in [-0.2, -0.15) is 0 Å². The van der Waals surface area contributed by atoms with Crippen LogP contribution in [0, 0.1) is 18.8 Å². The Balaban J connectivity index is 3.47. The third kappa shape index (κ3) is 12.0. The van der Waals surface area contributed by atoms with Crippen LogP contribution in [0.1, 0.15) is 79.1 Å². The fraction of sp³-hybridized carbons (Fsp3) is 0.824. The minimum atomic E-state index is 0.870. The molecule has 0 saturated heterocycles. The van der Waals surface area contributed by atoms with Crippen molar-refractivity contribution in [2.24, 2.45) is 11.8 Å². The van der Waals surface area contributed by atoms with Crippen LogP contribution in [0.5, 0.6) is 0 Å². The van der Waals surface area contributed by atoms with Gasteiger partial charge in [-0.05, 0) is 44.4 Å². The normalized spacial score (nSPS) is 14.4. The van der Waals surface area contributed by atoms with Gasteiger partial charge >= 0.3 is 0 Å². The zero-order valence-corrected chi connectivity index (χ0v) is 12.6. The van der Waals surface area contributed by atoms with Gasteiger partial charge in [-0.3, -0.25) is 0 Å². The van der Waals surface area contributed by atoms with Gasteiger partial charge in [-0.1, -0.05) is 65.0 Å². The Kier molecular flexibility index (Phi) is 10.7. The summed E-state index contributed by atoms with van der Waals surface area (Å²) in [5, 5.41) is 0. The summed E-state index contributed by atoms with van der Waals surface area (Å²) in [6.45, 7) is 13.2. The Morgan fingerprint density at radius 2 is 1.71 bits per heavy atom. The number of hydrogen-bond acceptors (Lipinski definition) is 0. The molecular weight excluding hydrogens is 204 g/mol. The zero-order chi connectivity index (χ0) is 13.1. The van der Waals surface area contributed by atoms with Crippen molar-refractivity contribution in [1.82, 2.24) is 0 Å². The van der Waals surface area contributed by atoms with Crippen LogP contribution in [-0.4, -0.2) is 0 Å². The van der Waals surface area contributed by atoms with Gasteiger partial charge < -0.3 is 0 Å². The van der Waals surface area contributed by atoms with Crippen LogP contribution in [0.4, 0.5) is 0 Å². The fourth-order valence-corrected chi connectivity index (χ4v) is 2.20. The van der Waals surface area contributed by atoms with E-state index in [1.165, 1.54) is 38.5 Å². The molecular formula is C17H33. The lowest BCUT2D eigenvalue weighted by molar-refractivity contribution is 0.427. The summed E-state index contributed by atoms with van der Waals surface area (Å²) in [5.41, 5.74) is 1.56. The third-order valence-corrected chi connectivity index (χ3v) is 3.44. The molecule has 0 heterocycles. The summed E-state index contributed by atoms with van der Waals surface area (Å²) in [6, 6.07) is 0. The molecule has 101 valence electrons. The van der Waals surface area contributed by atoms with Gasteiger partial charge in [0.15, 0.2) is 0 Å². The SMILES string of the molecule is [CH2]CCC=C(C)CCCC(C)CCCC(C)C. The first-order valence-corrected chi connectivity index (χ1v) is 7.51. The van der Waals surface area contributed by atoms with E-state index in [0.717, 1.165) is 24.7 Å². The van der Waals surface area contributed by atoms with Crippen molar-refractivity contribution in [2.75, 3.05) is 0 Å². The molecule has 0 aliphatic carbocycles. The predicted molar refractivity (Wildman–Crippen MR) is 80.1 cm³/mol. The van der Waals surface area contributed by atoms with E-state index in [9.17, 15) is 0 Å². The molecule has 0 aliphatic heterocycles. The molecule has 0 rings (SSSR count). The second-order valence-electron chi connectivity index (χ2n) is 6.01. The van der Waals surface area contributed by atoms with E-state index in [0.29, 0.717) is 0 Å². The number of allylic oxidation sites excluding steroid dienone is 2. The average molecular weight is 237 g/mol. The van der Waals surface area contributed by atoms with Crippen molar-refractivity contribution in [2.45, 2.75) is 79.1 Å². The second-order valence-corrected chi connectivity index (χ2v) is 6.01. The highest BCUT2D eigenvalue weighted by Gasteiger charge is 2.03. The highest BCUT2D eigenvalue weighted by molar-refractivity contribution is 4.97. The van der Waals surface area contributed by atoms with Crippen molar-refractivity contribution in [3.8, 4) is 0 Å². The molecule has 0 fully saturated rings. The minimum absolute atomic E-state index is 0.870. The standard InChI is InChI=1S/C17H33/c1-6-7-11-16(4)13-9-14-17(5)12-8-10-15(2)3/h11,15,17H,1,6-10,12-14H2,2-5H3. The quantitative estimate of drug-likeness (QED) is 0.398. The highest BCUT2D eigenvalue weighted by atomic mass is 14.1. The molecule has 0 amide bonds. The Labute approximate surface area is 110 Å². The molecule has 0 heteroatoms. The Bertz CT molecular complexity index is 188. The summed E-state index contributed by atoms with van der Waals surface area (Å²) in [7, 11) is 0. The number of hydrogen-bond donors (Lipinski definition) is 0. The van der Waals surface area contributed by atoms with Gasteiger partial charge in [0.05, 0.1) is 0 Å². The van der Waals surface area contributed by atoms with Crippen LogP contribution in [0.2, 0.25) is 0 Å². The monoisotopic (exact) mass is 237 g/mol. The number of unbranched alkanes of at least 4 members (excludes halogenated alkanes) is 1. The lowest BCUT2D eigenvalue weighted by Gasteiger charge is -2.12. The smallest absolute Gasteiger partial charge is 0.0323 e. The topological polar surface area (TPSA) is 0 Å². The Morgan fingerprint density at radius 3 is 2.29 bits per heavy atom. The largest absolute Gasteiger partial charge is 0.0856 e. The Morgan fingerprint density at radius 1 is 1.06 bits per heavy atom. The van der Waals surface area contributed by atoms with E-state index in [1.807, 2.05) is 0 Å². The van der Waals surface area contributed by atoms with E-state index < -0.39 is 0 Å². The minimum Gasteiger partial charge on any atom is -0.0856 e. The van der Waals surface area contributed by atoms with Crippen molar-refractivity contribution in [1.29, 1.82) is 0 Å². The summed E-state index contributed by atoms with van der Waals surface area (Å²) >= 11 is 0. The van der Waals surface area contributed by atoms with Gasteiger partial charge in [0, 0.05) is 0 Å². The van der Waals surface area contributed by atoms with Crippen LogP contribution in [0.25, 0.3) is 0 Å². The first kappa shape index (κ1) is 16.7. The van der Waals surface area contributed by atoms with E-state index in [-0.39, 0.29) is 0 Å². The fourth-order valence-electron chi connectivity index (χ4n) is 2.20. The average Bonchev–Trinajstić information content (AvgIpc) is 2.25. The molecule has 0 spiro atoms. The third-order valence-electron chi connectivity index (χ3n) is 3.44. The van der Waals surface area contributed by atoms with Crippen LogP contribution >= 0.6 is 0 Å². The van der Waals surface area contributed by atoms with Gasteiger partial charge in [0.1, 0.15) is 0 Å². The zero-order valence-electron chi connectivity index (χ0n) is 12.6. The van der Waals surface area contributed by atoms with Gasteiger partial charge in [-0.15, -0.1) is 0 Å². The molecule has 17 heavy (non-hydrogen) atoms. The maximum atomic E-state index is 3.87. The highest BCUT2D eigenvalue weighted by Crippen LogP contribution is 2.19. The number of rotatable bonds is 10. The molecule has 0 bridgehead atoms. The summed E-state index contributed by atoms with van der Waals surface area (Å²) in [6.07, 6.45) is 12.8. The molecule has 0 aromatic heterocycles. The van der Waals surface area contributed by atoms with Crippen LogP contribution in [0.15, 0.2) is 11.6 Å². The van der Waals surface area contributed by atoms with Crippen molar-refractivity contribution < 1.29 is 0 Å². The summed E-state index contributed by atoms with van der Waals surface area (Å²) < 4.78 is 0. The predicted octanol–water partition coefficient (Wildman–Crippen LogP) is 6.18. The van der Waals surface area contributed by atoms with Gasteiger partial charge in [0.25, 0.3) is 0 Å².